The van der Waals surface area contributed by atoms with E-state index in [2.05, 4.69) is 4.40 Å². The molecule has 6 nitrogen and oxygen atoms in total. The van der Waals surface area contributed by atoms with Crippen LogP contribution in [0.15, 0.2) is 51.8 Å². The first-order valence-corrected chi connectivity index (χ1v) is 10.3. The number of hydrogen-bond donors (Lipinski definition) is 0. The van der Waals surface area contributed by atoms with E-state index in [4.69, 9.17) is 4.74 Å². The number of carbonyl (C=O) groups excluding carboxylic acids is 1. The van der Waals surface area contributed by atoms with Crippen molar-refractivity contribution in [3.63, 3.8) is 0 Å². The van der Waals surface area contributed by atoms with Crippen LogP contribution in [-0.4, -0.2) is 37.7 Å². The molecule has 2 heterocycles. The highest BCUT2D eigenvalue weighted by Gasteiger charge is 2.40. The monoisotopic (exact) mass is 384 g/mol. The van der Waals surface area contributed by atoms with E-state index >= 15 is 0 Å². The first-order chi connectivity index (χ1) is 12.9. The maximum atomic E-state index is 12.8. The molecule has 4 rings (SSSR count). The molecule has 0 radical (unpaired) electrons. The fraction of sp³-hybridized carbons (Fsp3) is 0.300. The zero-order valence-corrected chi connectivity index (χ0v) is 16.0. The zero-order valence-electron chi connectivity index (χ0n) is 15.2. The molecule has 0 amide bonds. The van der Waals surface area contributed by atoms with Gasteiger partial charge in [-0.25, -0.2) is 4.79 Å². The van der Waals surface area contributed by atoms with Gasteiger partial charge in [-0.2, -0.15) is 8.42 Å². The summed E-state index contributed by atoms with van der Waals surface area (Å²) in [5, 5.41) is 0. The molecular weight excluding hydrogens is 364 g/mol. The zero-order chi connectivity index (χ0) is 19.2. The molecule has 0 aliphatic carbocycles. The second-order valence-electron chi connectivity index (χ2n) is 6.90. The molecule has 2 aromatic carbocycles. The number of amidine groups is 1. The summed E-state index contributed by atoms with van der Waals surface area (Å²) in [5.74, 6) is 0.446. The minimum Gasteiger partial charge on any atom is -0.425 e. The minimum absolute atomic E-state index is 0.188. The quantitative estimate of drug-likeness (QED) is 0.588. The Morgan fingerprint density at radius 1 is 1.15 bits per heavy atom. The number of ether oxygens (including phenoxy) is 1. The van der Waals surface area contributed by atoms with Gasteiger partial charge in [0.2, 0.25) is 0 Å². The van der Waals surface area contributed by atoms with Gasteiger partial charge in [0.25, 0.3) is 10.0 Å². The Morgan fingerprint density at radius 2 is 1.93 bits per heavy atom. The lowest BCUT2D eigenvalue weighted by Gasteiger charge is -2.25. The van der Waals surface area contributed by atoms with Crippen LogP contribution in [-0.2, 0) is 14.8 Å². The smallest absolute Gasteiger partial charge is 0.334 e. The van der Waals surface area contributed by atoms with E-state index < -0.39 is 16.1 Å². The number of benzene rings is 2. The van der Waals surface area contributed by atoms with Gasteiger partial charge >= 0.3 is 5.97 Å². The fourth-order valence-electron chi connectivity index (χ4n) is 3.52. The molecule has 2 aliphatic heterocycles. The molecule has 0 unspecified atom stereocenters. The predicted octanol–water partition coefficient (Wildman–Crippen LogP) is 2.82. The summed E-state index contributed by atoms with van der Waals surface area (Å²) < 4.78 is 34.2. The van der Waals surface area contributed by atoms with Crippen molar-refractivity contribution in [1.29, 1.82) is 0 Å². The molecular formula is C20H20N2O4S. The van der Waals surface area contributed by atoms with Crippen molar-refractivity contribution in [2.24, 2.45) is 4.40 Å². The third-order valence-electron chi connectivity index (χ3n) is 5.11. The summed E-state index contributed by atoms with van der Waals surface area (Å²) in [7, 11) is -3.72. The number of sulfonamides is 1. The summed E-state index contributed by atoms with van der Waals surface area (Å²) in [6.07, 6.45) is 1.37. The SMILES string of the molecule is Cc1ccc(OC(=O)[C@@H]2CCCN2C2=NS(=O)(=O)c3ccccc32)cc1C. The van der Waals surface area contributed by atoms with Gasteiger partial charge in [-0.05, 0) is 62.1 Å². The second-order valence-corrected chi connectivity index (χ2v) is 8.48. The average molecular weight is 384 g/mol. The summed E-state index contributed by atoms with van der Waals surface area (Å²) in [4.78, 5) is 14.7. The van der Waals surface area contributed by atoms with Crippen molar-refractivity contribution in [3.8, 4) is 5.75 Å². The summed E-state index contributed by atoms with van der Waals surface area (Å²) in [5.41, 5.74) is 2.71. The van der Waals surface area contributed by atoms with Crippen molar-refractivity contribution in [2.45, 2.75) is 37.6 Å². The Bertz CT molecular complexity index is 1060. The van der Waals surface area contributed by atoms with Crippen LogP contribution in [0.25, 0.3) is 0 Å². The molecule has 2 aliphatic rings. The lowest BCUT2D eigenvalue weighted by molar-refractivity contribution is -0.138. The van der Waals surface area contributed by atoms with Crippen molar-refractivity contribution >= 4 is 21.8 Å². The van der Waals surface area contributed by atoms with Crippen molar-refractivity contribution in [2.75, 3.05) is 6.54 Å². The number of carbonyl (C=O) groups is 1. The number of fused-ring (bicyclic) bond motifs is 1. The maximum Gasteiger partial charge on any atom is 0.334 e. The third-order valence-corrected chi connectivity index (χ3v) is 6.43. The van der Waals surface area contributed by atoms with Gasteiger partial charge < -0.3 is 9.64 Å². The summed E-state index contributed by atoms with van der Waals surface area (Å²) in [6.45, 7) is 4.52. The van der Waals surface area contributed by atoms with Crippen molar-refractivity contribution in [3.05, 3.63) is 59.2 Å². The van der Waals surface area contributed by atoms with E-state index in [0.717, 1.165) is 17.5 Å². The largest absolute Gasteiger partial charge is 0.425 e. The molecule has 140 valence electrons. The molecule has 1 saturated heterocycles. The van der Waals surface area contributed by atoms with E-state index in [0.29, 0.717) is 30.1 Å². The van der Waals surface area contributed by atoms with Crippen molar-refractivity contribution in [1.82, 2.24) is 4.90 Å². The van der Waals surface area contributed by atoms with Crippen LogP contribution < -0.4 is 4.74 Å². The summed E-state index contributed by atoms with van der Waals surface area (Å²) >= 11 is 0. The summed E-state index contributed by atoms with van der Waals surface area (Å²) in [6, 6.07) is 11.7. The van der Waals surface area contributed by atoms with Crippen LogP contribution in [0.5, 0.6) is 5.75 Å². The molecule has 0 aromatic heterocycles. The van der Waals surface area contributed by atoms with Gasteiger partial charge in [0.05, 0.1) is 0 Å². The highest BCUT2D eigenvalue weighted by molar-refractivity contribution is 7.90. The Kier molecular flexibility index (Phi) is 4.26. The Hall–Kier alpha value is -2.67. The fourth-order valence-corrected chi connectivity index (χ4v) is 4.74. The lowest BCUT2D eigenvalue weighted by atomic mass is 10.1. The molecule has 27 heavy (non-hydrogen) atoms. The number of hydrogen-bond acceptors (Lipinski definition) is 5. The topological polar surface area (TPSA) is 76.0 Å². The third kappa shape index (κ3) is 3.12. The minimum atomic E-state index is -3.72. The highest BCUT2D eigenvalue weighted by Crippen LogP contribution is 2.31. The van der Waals surface area contributed by atoms with E-state index in [1.165, 1.54) is 0 Å². The molecule has 1 fully saturated rings. The van der Waals surface area contributed by atoms with Gasteiger partial charge in [0.1, 0.15) is 16.7 Å². The average Bonchev–Trinajstić information content (AvgIpc) is 3.21. The number of nitrogens with zero attached hydrogens (tertiary/aromatic N) is 2. The van der Waals surface area contributed by atoms with E-state index in [1.54, 1.807) is 35.2 Å². The number of aryl methyl sites for hydroxylation is 2. The Balaban J connectivity index is 1.61. The van der Waals surface area contributed by atoms with Crippen LogP contribution in [0.1, 0.15) is 29.5 Å². The number of likely N-dealkylation sites (tertiary alicyclic amines) is 1. The van der Waals surface area contributed by atoms with Gasteiger partial charge in [-0.15, -0.1) is 4.40 Å². The van der Waals surface area contributed by atoms with Crippen LogP contribution in [0.2, 0.25) is 0 Å². The van der Waals surface area contributed by atoms with Gasteiger partial charge in [-0.3, -0.25) is 0 Å². The molecule has 0 spiro atoms. The number of esters is 1. The van der Waals surface area contributed by atoms with Gasteiger partial charge in [-0.1, -0.05) is 18.2 Å². The molecule has 2 aromatic rings. The van der Waals surface area contributed by atoms with Gasteiger partial charge in [0, 0.05) is 12.1 Å². The van der Waals surface area contributed by atoms with Crippen LogP contribution in [0.3, 0.4) is 0 Å². The van der Waals surface area contributed by atoms with Crippen LogP contribution >= 0.6 is 0 Å². The van der Waals surface area contributed by atoms with Crippen molar-refractivity contribution < 1.29 is 17.9 Å². The van der Waals surface area contributed by atoms with E-state index in [-0.39, 0.29) is 10.9 Å². The molecule has 0 bridgehead atoms. The first-order valence-electron chi connectivity index (χ1n) is 8.87. The molecule has 0 N–H and O–H groups in total. The molecule has 7 heteroatoms. The van der Waals surface area contributed by atoms with E-state index in [1.807, 2.05) is 26.0 Å². The first kappa shape index (κ1) is 17.7. The molecule has 0 saturated carbocycles. The normalized spacial score (nSPS) is 20.3. The van der Waals surface area contributed by atoms with Gasteiger partial charge in [0.15, 0.2) is 5.84 Å². The van der Waals surface area contributed by atoms with Crippen LogP contribution in [0, 0.1) is 13.8 Å². The maximum absolute atomic E-state index is 12.8. The Labute approximate surface area is 158 Å². The standard InChI is InChI=1S/C20H20N2O4S/c1-13-9-10-15(12-14(13)2)26-20(23)17-7-5-11-22(17)19-16-6-3-4-8-18(16)27(24,25)21-19/h3-4,6,8-10,12,17H,5,7,11H2,1-2H3/t17-/m0/s1. The Morgan fingerprint density at radius 3 is 2.70 bits per heavy atom. The van der Waals surface area contributed by atoms with E-state index in [9.17, 15) is 13.2 Å². The predicted molar refractivity (Wildman–Crippen MR) is 101 cm³/mol. The lowest BCUT2D eigenvalue weighted by Crippen LogP contribution is -2.42. The molecule has 1 atom stereocenters. The van der Waals surface area contributed by atoms with Crippen LogP contribution in [0.4, 0.5) is 0 Å². The second kappa shape index (κ2) is 6.49. The highest BCUT2D eigenvalue weighted by atomic mass is 32.2. The number of rotatable bonds is 2.